The number of carbonyl (C=O) groups excluding carboxylic acids is 1. The first-order valence-electron chi connectivity index (χ1n) is 8.12. The Morgan fingerprint density at radius 2 is 1.56 bits per heavy atom. The summed E-state index contributed by atoms with van der Waals surface area (Å²) >= 11 is 1.49. The number of aromatic nitrogens is 1. The second kappa shape index (κ2) is 8.55. The number of esters is 1. The predicted octanol–water partition coefficient (Wildman–Crippen LogP) is 4.19. The fourth-order valence-electron chi connectivity index (χ4n) is 2.39. The molecule has 2 aromatic carbocycles. The number of thiazole rings is 1. The van der Waals surface area contributed by atoms with Gasteiger partial charge >= 0.3 is 5.97 Å². The van der Waals surface area contributed by atoms with Gasteiger partial charge in [-0.05, 0) is 36.4 Å². The van der Waals surface area contributed by atoms with Gasteiger partial charge in [-0.25, -0.2) is 9.78 Å². The molecular formula is C20H19NO5S. The van der Waals surface area contributed by atoms with E-state index in [0.29, 0.717) is 22.8 Å². The Labute approximate surface area is 161 Å². The van der Waals surface area contributed by atoms with Crippen LogP contribution in [0.5, 0.6) is 17.2 Å². The molecule has 3 aromatic rings. The summed E-state index contributed by atoms with van der Waals surface area (Å²) in [6, 6.07) is 12.5. The van der Waals surface area contributed by atoms with Gasteiger partial charge in [-0.3, -0.25) is 0 Å². The smallest absolute Gasteiger partial charge is 0.338 e. The van der Waals surface area contributed by atoms with Gasteiger partial charge in [0.15, 0.2) is 0 Å². The van der Waals surface area contributed by atoms with Gasteiger partial charge < -0.3 is 18.9 Å². The predicted molar refractivity (Wildman–Crippen MR) is 103 cm³/mol. The zero-order valence-electron chi connectivity index (χ0n) is 15.2. The number of hydrogen-bond acceptors (Lipinski definition) is 7. The fourth-order valence-corrected chi connectivity index (χ4v) is 3.20. The molecule has 0 saturated carbocycles. The topological polar surface area (TPSA) is 66.9 Å². The van der Waals surface area contributed by atoms with Gasteiger partial charge in [0.25, 0.3) is 0 Å². The lowest BCUT2D eigenvalue weighted by Crippen LogP contribution is -2.06. The van der Waals surface area contributed by atoms with Crippen LogP contribution in [0, 0.1) is 0 Å². The van der Waals surface area contributed by atoms with Crippen molar-refractivity contribution >= 4 is 17.3 Å². The number of carbonyl (C=O) groups is 1. The van der Waals surface area contributed by atoms with Crippen LogP contribution in [-0.2, 0) is 11.3 Å². The van der Waals surface area contributed by atoms with Crippen molar-refractivity contribution in [3.63, 3.8) is 0 Å². The Kier molecular flexibility index (Phi) is 5.93. The van der Waals surface area contributed by atoms with Crippen molar-refractivity contribution in [2.45, 2.75) is 6.61 Å². The van der Waals surface area contributed by atoms with Gasteiger partial charge in [0.2, 0.25) is 0 Å². The van der Waals surface area contributed by atoms with E-state index in [4.69, 9.17) is 18.9 Å². The first-order valence-corrected chi connectivity index (χ1v) is 9.00. The highest BCUT2D eigenvalue weighted by atomic mass is 32.1. The highest BCUT2D eigenvalue weighted by Gasteiger charge is 2.13. The molecule has 1 aromatic heterocycles. The van der Waals surface area contributed by atoms with Gasteiger partial charge in [-0.15, -0.1) is 11.3 Å². The molecule has 0 radical (unpaired) electrons. The van der Waals surface area contributed by atoms with Crippen molar-refractivity contribution in [1.82, 2.24) is 4.98 Å². The second-order valence-corrected chi connectivity index (χ2v) is 6.41. The lowest BCUT2D eigenvalue weighted by Gasteiger charge is -2.08. The number of hydrogen-bond donors (Lipinski definition) is 0. The van der Waals surface area contributed by atoms with Crippen molar-refractivity contribution in [3.8, 4) is 27.8 Å². The van der Waals surface area contributed by atoms with E-state index >= 15 is 0 Å². The van der Waals surface area contributed by atoms with Crippen molar-refractivity contribution in [1.29, 1.82) is 0 Å². The fraction of sp³-hybridized carbons (Fsp3) is 0.200. The summed E-state index contributed by atoms with van der Waals surface area (Å²) in [5.74, 6) is 1.37. The molecule has 7 heteroatoms. The molecule has 27 heavy (non-hydrogen) atoms. The Morgan fingerprint density at radius 1 is 0.926 bits per heavy atom. The Balaban J connectivity index is 1.66. The van der Waals surface area contributed by atoms with Crippen molar-refractivity contribution < 1.29 is 23.7 Å². The van der Waals surface area contributed by atoms with Crippen LogP contribution in [0.2, 0.25) is 0 Å². The second-order valence-electron chi connectivity index (χ2n) is 5.55. The minimum absolute atomic E-state index is 0.0883. The van der Waals surface area contributed by atoms with Gasteiger partial charge in [0.05, 0.1) is 32.6 Å². The van der Waals surface area contributed by atoms with Crippen molar-refractivity contribution in [2.75, 3.05) is 21.3 Å². The van der Waals surface area contributed by atoms with Crippen LogP contribution in [0.4, 0.5) is 0 Å². The molecule has 0 atom stereocenters. The zero-order valence-corrected chi connectivity index (χ0v) is 16.0. The largest absolute Gasteiger partial charge is 0.497 e. The maximum Gasteiger partial charge on any atom is 0.338 e. The number of methoxy groups -OCH3 is 3. The zero-order chi connectivity index (χ0) is 19.2. The number of benzene rings is 2. The van der Waals surface area contributed by atoms with E-state index in [9.17, 15) is 4.79 Å². The van der Waals surface area contributed by atoms with Crippen LogP contribution in [-0.4, -0.2) is 32.3 Å². The minimum Gasteiger partial charge on any atom is -0.497 e. The first kappa shape index (κ1) is 18.7. The molecule has 0 unspecified atom stereocenters. The van der Waals surface area contributed by atoms with Gasteiger partial charge in [-0.2, -0.15) is 0 Å². The SMILES string of the molecule is COc1ccc(-c2nc(COC(=O)c3cc(OC)cc(OC)c3)cs2)cc1. The molecule has 0 aliphatic heterocycles. The standard InChI is InChI=1S/C20H19NO5S/c1-23-16-6-4-13(5-7-16)19-21-15(12-27-19)11-26-20(22)14-8-17(24-2)10-18(9-14)25-3/h4-10,12H,11H2,1-3H3. The molecule has 3 rings (SSSR count). The van der Waals surface area contributed by atoms with Crippen LogP contribution in [0.25, 0.3) is 10.6 Å². The molecule has 0 aliphatic carbocycles. The molecule has 0 bridgehead atoms. The van der Waals surface area contributed by atoms with Crippen molar-refractivity contribution in [2.24, 2.45) is 0 Å². The molecule has 1 heterocycles. The van der Waals surface area contributed by atoms with Crippen molar-refractivity contribution in [3.05, 3.63) is 59.1 Å². The number of rotatable bonds is 7. The molecule has 0 N–H and O–H groups in total. The molecule has 0 saturated heterocycles. The molecule has 0 aliphatic rings. The maximum atomic E-state index is 12.3. The molecular weight excluding hydrogens is 366 g/mol. The lowest BCUT2D eigenvalue weighted by molar-refractivity contribution is 0.0467. The third-order valence-corrected chi connectivity index (χ3v) is 4.77. The summed E-state index contributed by atoms with van der Waals surface area (Å²) < 4.78 is 20.9. The summed E-state index contributed by atoms with van der Waals surface area (Å²) in [5.41, 5.74) is 2.03. The molecule has 0 spiro atoms. The number of nitrogens with zero attached hydrogens (tertiary/aromatic N) is 1. The summed E-state index contributed by atoms with van der Waals surface area (Å²) in [5, 5.41) is 2.73. The third kappa shape index (κ3) is 4.57. The van der Waals surface area contributed by atoms with Crippen LogP contribution >= 0.6 is 11.3 Å². The van der Waals surface area contributed by atoms with Gasteiger partial charge in [0, 0.05) is 17.0 Å². The Morgan fingerprint density at radius 3 is 2.15 bits per heavy atom. The summed E-state index contributed by atoms with van der Waals surface area (Å²) in [7, 11) is 4.68. The van der Waals surface area contributed by atoms with Crippen LogP contribution in [0.1, 0.15) is 16.1 Å². The van der Waals surface area contributed by atoms with Gasteiger partial charge in [-0.1, -0.05) is 0 Å². The molecule has 0 amide bonds. The van der Waals surface area contributed by atoms with Crippen LogP contribution in [0.15, 0.2) is 47.8 Å². The number of ether oxygens (including phenoxy) is 4. The van der Waals surface area contributed by atoms with E-state index in [1.165, 1.54) is 25.6 Å². The van der Waals surface area contributed by atoms with E-state index in [-0.39, 0.29) is 6.61 Å². The summed E-state index contributed by atoms with van der Waals surface area (Å²) in [4.78, 5) is 16.9. The minimum atomic E-state index is -0.466. The van der Waals surface area contributed by atoms with E-state index < -0.39 is 5.97 Å². The van der Waals surface area contributed by atoms with E-state index in [1.807, 2.05) is 29.6 Å². The maximum absolute atomic E-state index is 12.3. The average Bonchev–Trinajstić information content (AvgIpc) is 3.20. The molecule has 6 nitrogen and oxygen atoms in total. The monoisotopic (exact) mass is 385 g/mol. The van der Waals surface area contributed by atoms with Crippen LogP contribution < -0.4 is 14.2 Å². The highest BCUT2D eigenvalue weighted by Crippen LogP contribution is 2.26. The summed E-state index contributed by atoms with van der Waals surface area (Å²) in [6.45, 7) is 0.0883. The van der Waals surface area contributed by atoms with E-state index in [1.54, 1.807) is 25.3 Å². The van der Waals surface area contributed by atoms with E-state index in [0.717, 1.165) is 16.3 Å². The third-order valence-electron chi connectivity index (χ3n) is 3.83. The molecule has 0 fully saturated rings. The van der Waals surface area contributed by atoms with Gasteiger partial charge in [0.1, 0.15) is 28.9 Å². The lowest BCUT2D eigenvalue weighted by atomic mass is 10.2. The van der Waals surface area contributed by atoms with Crippen LogP contribution in [0.3, 0.4) is 0 Å². The normalized spacial score (nSPS) is 10.3. The highest BCUT2D eigenvalue weighted by molar-refractivity contribution is 7.13. The quantitative estimate of drug-likeness (QED) is 0.568. The first-order chi connectivity index (χ1) is 13.1. The Bertz CT molecular complexity index is 898. The average molecular weight is 385 g/mol. The summed E-state index contributed by atoms with van der Waals surface area (Å²) in [6.07, 6.45) is 0. The Hall–Kier alpha value is -3.06. The molecule has 140 valence electrons. The van der Waals surface area contributed by atoms with E-state index in [2.05, 4.69) is 4.98 Å².